The zero-order valence-electron chi connectivity index (χ0n) is 10.6. The van der Waals surface area contributed by atoms with E-state index in [0.29, 0.717) is 11.3 Å². The van der Waals surface area contributed by atoms with Gasteiger partial charge >= 0.3 is 0 Å². The van der Waals surface area contributed by atoms with Crippen LogP contribution in [0.25, 0.3) is 0 Å². The van der Waals surface area contributed by atoms with Gasteiger partial charge in [0, 0.05) is 12.0 Å². The van der Waals surface area contributed by atoms with Crippen LogP contribution in [-0.4, -0.2) is 12.9 Å². The summed E-state index contributed by atoms with van der Waals surface area (Å²) in [5, 5.41) is 0.441. The average Bonchev–Trinajstić information content (AvgIpc) is 2.41. The maximum atomic E-state index is 12.2. The Morgan fingerprint density at radius 1 is 1.32 bits per heavy atom. The highest BCUT2D eigenvalue weighted by atomic mass is 35.5. The van der Waals surface area contributed by atoms with Gasteiger partial charge in [0.1, 0.15) is 10.8 Å². The number of ketones is 1. The van der Waals surface area contributed by atoms with Crippen LogP contribution in [0.2, 0.25) is 10.0 Å². The third-order valence-corrected chi connectivity index (χ3v) is 3.39. The fraction of sp³-hybridized carbons (Fsp3) is 0.133. The maximum absolute atomic E-state index is 12.2. The van der Waals surface area contributed by atoms with Crippen LogP contribution in [0, 0.1) is 0 Å². The molecule has 100 valence electrons. The van der Waals surface area contributed by atoms with E-state index < -0.39 is 0 Å². The monoisotopic (exact) mass is 296 g/mol. The molecule has 0 saturated carbocycles. The predicted molar refractivity (Wildman–Crippen MR) is 80.4 cm³/mol. The van der Waals surface area contributed by atoms with Crippen molar-refractivity contribution < 1.29 is 9.53 Å². The predicted octanol–water partition coefficient (Wildman–Crippen LogP) is 4.87. The number of halogens is 2. The number of hydrogen-bond donors (Lipinski definition) is 0. The first-order valence-electron chi connectivity index (χ1n) is 5.54. The highest BCUT2D eigenvalue weighted by Crippen LogP contribution is 2.35. The summed E-state index contributed by atoms with van der Waals surface area (Å²) in [6.45, 7) is 7.23. The standard InChI is InChI=1S/C15H14Cl2O2/c1-4-6-10(5-2)9-12(18)11-7-8-13(19-3)15(17)14(11)16/h4-8H,1-2,9H2,3H3/b10-6+. The molecule has 0 atom stereocenters. The first kappa shape index (κ1) is 15.5. The summed E-state index contributed by atoms with van der Waals surface area (Å²) in [4.78, 5) is 12.2. The van der Waals surface area contributed by atoms with Crippen LogP contribution >= 0.6 is 23.2 Å². The fourth-order valence-electron chi connectivity index (χ4n) is 1.54. The number of allylic oxidation sites excluding steroid dienone is 4. The van der Waals surface area contributed by atoms with Gasteiger partial charge in [-0.3, -0.25) is 4.79 Å². The second-order valence-corrected chi connectivity index (χ2v) is 4.48. The molecular weight excluding hydrogens is 283 g/mol. The SMILES string of the molecule is C=C/C=C(\C=C)CC(=O)c1ccc(OC)c(Cl)c1Cl. The van der Waals surface area contributed by atoms with Crippen molar-refractivity contribution in [3.8, 4) is 5.75 Å². The Morgan fingerprint density at radius 3 is 2.53 bits per heavy atom. The maximum Gasteiger partial charge on any atom is 0.168 e. The van der Waals surface area contributed by atoms with E-state index in [4.69, 9.17) is 27.9 Å². The molecule has 0 amide bonds. The number of ether oxygens (including phenoxy) is 1. The van der Waals surface area contributed by atoms with Gasteiger partial charge in [-0.2, -0.15) is 0 Å². The van der Waals surface area contributed by atoms with Gasteiger partial charge in [0.15, 0.2) is 5.78 Å². The molecule has 0 heterocycles. The largest absolute Gasteiger partial charge is 0.495 e. The second-order valence-electron chi connectivity index (χ2n) is 3.72. The molecule has 0 aromatic heterocycles. The van der Waals surface area contributed by atoms with Crippen molar-refractivity contribution in [3.63, 3.8) is 0 Å². The van der Waals surface area contributed by atoms with Gasteiger partial charge in [-0.1, -0.05) is 54.6 Å². The van der Waals surface area contributed by atoms with Crippen molar-refractivity contribution in [1.82, 2.24) is 0 Å². The Hall–Kier alpha value is -1.51. The number of hydrogen-bond acceptors (Lipinski definition) is 2. The van der Waals surface area contributed by atoms with Crippen molar-refractivity contribution in [2.75, 3.05) is 7.11 Å². The molecule has 4 heteroatoms. The first-order chi connectivity index (χ1) is 9.04. The molecule has 1 aromatic carbocycles. The number of methoxy groups -OCH3 is 1. The summed E-state index contributed by atoms with van der Waals surface area (Å²) in [7, 11) is 1.49. The van der Waals surface area contributed by atoms with E-state index >= 15 is 0 Å². The fourth-order valence-corrected chi connectivity index (χ4v) is 2.04. The minimum absolute atomic E-state index is 0.137. The van der Waals surface area contributed by atoms with Gasteiger partial charge in [-0.25, -0.2) is 0 Å². The molecule has 0 unspecified atom stereocenters. The Kier molecular flexibility index (Phi) is 5.87. The number of carbonyl (C=O) groups excluding carboxylic acids is 1. The Morgan fingerprint density at radius 2 is 2.00 bits per heavy atom. The number of carbonyl (C=O) groups is 1. The molecule has 1 aromatic rings. The van der Waals surface area contributed by atoms with Crippen molar-refractivity contribution in [3.05, 3.63) is 64.7 Å². The van der Waals surface area contributed by atoms with Crippen LogP contribution in [0.5, 0.6) is 5.75 Å². The van der Waals surface area contributed by atoms with Crippen molar-refractivity contribution >= 4 is 29.0 Å². The average molecular weight is 297 g/mol. The number of benzene rings is 1. The quantitative estimate of drug-likeness (QED) is 0.553. The van der Waals surface area contributed by atoms with E-state index in [0.717, 1.165) is 5.57 Å². The van der Waals surface area contributed by atoms with E-state index in [9.17, 15) is 4.79 Å². The van der Waals surface area contributed by atoms with Crippen LogP contribution in [0.1, 0.15) is 16.8 Å². The highest BCUT2D eigenvalue weighted by Gasteiger charge is 2.16. The van der Waals surface area contributed by atoms with Gasteiger partial charge < -0.3 is 4.74 Å². The molecule has 0 radical (unpaired) electrons. The lowest BCUT2D eigenvalue weighted by Gasteiger charge is -2.09. The molecule has 0 N–H and O–H groups in total. The van der Waals surface area contributed by atoms with Crippen LogP contribution in [0.4, 0.5) is 0 Å². The molecule has 0 aliphatic heterocycles. The normalized spacial score (nSPS) is 11.0. The summed E-state index contributed by atoms with van der Waals surface area (Å²) in [5.74, 6) is 0.302. The molecular formula is C15H14Cl2O2. The van der Waals surface area contributed by atoms with E-state index in [1.165, 1.54) is 7.11 Å². The Balaban J connectivity index is 3.07. The van der Waals surface area contributed by atoms with Crippen molar-refractivity contribution in [1.29, 1.82) is 0 Å². The number of Topliss-reactive ketones (excluding diaryl/α,β-unsaturated/α-hetero) is 1. The van der Waals surface area contributed by atoms with Gasteiger partial charge in [0.2, 0.25) is 0 Å². The van der Waals surface area contributed by atoms with E-state index in [1.807, 2.05) is 0 Å². The highest BCUT2D eigenvalue weighted by molar-refractivity contribution is 6.44. The van der Waals surface area contributed by atoms with Crippen LogP contribution < -0.4 is 4.74 Å². The Bertz CT molecular complexity index is 545. The zero-order valence-corrected chi connectivity index (χ0v) is 12.1. The van der Waals surface area contributed by atoms with E-state index in [2.05, 4.69) is 13.2 Å². The molecule has 19 heavy (non-hydrogen) atoms. The smallest absolute Gasteiger partial charge is 0.168 e. The molecule has 0 fully saturated rings. The molecule has 0 saturated heterocycles. The van der Waals surface area contributed by atoms with Crippen LogP contribution in [0.3, 0.4) is 0 Å². The third kappa shape index (κ3) is 3.72. The lowest BCUT2D eigenvalue weighted by Crippen LogP contribution is -2.02. The second kappa shape index (κ2) is 7.17. The van der Waals surface area contributed by atoms with Crippen molar-refractivity contribution in [2.24, 2.45) is 0 Å². The van der Waals surface area contributed by atoms with Gasteiger partial charge in [0.25, 0.3) is 0 Å². The summed E-state index contributed by atoms with van der Waals surface area (Å²) < 4.78 is 5.03. The third-order valence-electron chi connectivity index (χ3n) is 2.53. The van der Waals surface area contributed by atoms with Crippen molar-refractivity contribution in [2.45, 2.75) is 6.42 Å². The first-order valence-corrected chi connectivity index (χ1v) is 6.30. The van der Waals surface area contributed by atoms with Gasteiger partial charge in [0.05, 0.1) is 12.1 Å². The Labute approximate surface area is 123 Å². The molecule has 2 nitrogen and oxygen atoms in total. The van der Waals surface area contributed by atoms with Gasteiger partial charge in [-0.05, 0) is 17.7 Å². The van der Waals surface area contributed by atoms with Crippen LogP contribution in [-0.2, 0) is 0 Å². The molecule has 0 spiro atoms. The topological polar surface area (TPSA) is 26.3 Å². The van der Waals surface area contributed by atoms with E-state index in [-0.39, 0.29) is 22.2 Å². The molecule has 0 aliphatic carbocycles. The molecule has 1 rings (SSSR count). The number of rotatable bonds is 6. The minimum Gasteiger partial charge on any atom is -0.495 e. The summed E-state index contributed by atoms with van der Waals surface area (Å²) in [6, 6.07) is 3.22. The van der Waals surface area contributed by atoms with E-state index in [1.54, 1.807) is 30.4 Å². The van der Waals surface area contributed by atoms with Gasteiger partial charge in [-0.15, -0.1) is 0 Å². The summed E-state index contributed by atoms with van der Waals surface area (Å²) in [6.07, 6.45) is 5.13. The summed E-state index contributed by atoms with van der Waals surface area (Å²) in [5.41, 5.74) is 1.13. The minimum atomic E-state index is -0.137. The lowest BCUT2D eigenvalue weighted by molar-refractivity contribution is 0.0994. The molecule has 0 aliphatic rings. The van der Waals surface area contributed by atoms with Crippen LogP contribution in [0.15, 0.2) is 49.1 Å². The zero-order chi connectivity index (χ0) is 14.4. The summed E-state index contributed by atoms with van der Waals surface area (Å²) >= 11 is 12.1. The molecule has 0 bridgehead atoms. The lowest BCUT2D eigenvalue weighted by atomic mass is 10.0.